The van der Waals surface area contributed by atoms with Crippen molar-refractivity contribution in [3.8, 4) is 5.75 Å². The maximum absolute atomic E-state index is 15.9. The molecule has 1 aliphatic carbocycles. The van der Waals surface area contributed by atoms with Gasteiger partial charge in [0.2, 0.25) is 11.8 Å². The molecular weight excluding hydrogens is 879 g/mol. The molecular formula is C55H73N3O11. The second kappa shape index (κ2) is 22.7. The maximum atomic E-state index is 15.9. The van der Waals surface area contributed by atoms with Gasteiger partial charge in [0.25, 0.3) is 0 Å². The number of unbranched alkanes of at least 4 members (excludes halogenated alkanes) is 4. The van der Waals surface area contributed by atoms with Crippen LogP contribution in [0.2, 0.25) is 0 Å². The van der Waals surface area contributed by atoms with Gasteiger partial charge in [0.05, 0.1) is 19.2 Å². The fourth-order valence-electron chi connectivity index (χ4n) is 10.5. The number of hydroxylamine groups is 2. The molecule has 0 aromatic heterocycles. The summed E-state index contributed by atoms with van der Waals surface area (Å²) in [6, 6.07) is 21.3. The van der Waals surface area contributed by atoms with Gasteiger partial charge >= 0.3 is 11.9 Å². The van der Waals surface area contributed by atoms with Gasteiger partial charge in [-0.2, -0.15) is 5.06 Å². The van der Waals surface area contributed by atoms with Crippen LogP contribution < -0.4 is 5.32 Å². The monoisotopic (exact) mass is 952 g/mol. The van der Waals surface area contributed by atoms with Crippen molar-refractivity contribution in [2.45, 2.75) is 179 Å². The maximum Gasteiger partial charge on any atom is 0.327 e. The van der Waals surface area contributed by atoms with Gasteiger partial charge in [-0.15, -0.1) is 0 Å². The molecule has 7 rings (SSSR count). The van der Waals surface area contributed by atoms with Crippen LogP contribution in [0.3, 0.4) is 0 Å². The number of allylic oxidation sites excluding steroid dienone is 1. The van der Waals surface area contributed by atoms with Crippen LogP contribution in [0.4, 0.5) is 0 Å². The van der Waals surface area contributed by atoms with Crippen molar-refractivity contribution in [3.63, 3.8) is 0 Å². The Kier molecular flexibility index (Phi) is 17.1. The summed E-state index contributed by atoms with van der Waals surface area (Å²) in [7, 11) is 1.58. The third-order valence-corrected chi connectivity index (χ3v) is 14.0. The van der Waals surface area contributed by atoms with Crippen LogP contribution in [0.25, 0.3) is 6.08 Å². The number of hydrogen-bond acceptors (Lipinski definition) is 12. The van der Waals surface area contributed by atoms with E-state index in [4.69, 9.17) is 23.8 Å². The first-order valence-electron chi connectivity index (χ1n) is 25.1. The van der Waals surface area contributed by atoms with Crippen LogP contribution in [-0.2, 0) is 62.3 Å². The zero-order valence-corrected chi connectivity index (χ0v) is 41.3. The molecule has 8 atom stereocenters. The van der Waals surface area contributed by atoms with Crippen molar-refractivity contribution in [2.24, 2.45) is 5.41 Å². The fourth-order valence-corrected chi connectivity index (χ4v) is 10.5. The number of nitrogens with zero attached hydrogens (tertiary/aromatic N) is 2. The number of para-hydroxylation sites is 1. The SMILES string of the molecule is CCCCCC1(CCCCC)O[C@@H]2[C@H]3ON(Cc4ccc(C=CCc5ccccc5O)cc4)[C@H]4C(=O)OC(CC34C(=O)N(C)[C@H](Cc3ccccc3)C(=O)N[C@H](CO)CCC(=O)OC(C)(C)C)[C@@H]2O1. The number of phenols is 1. The number of rotatable bonds is 23. The Morgan fingerprint density at radius 2 is 1.58 bits per heavy atom. The molecule has 4 aliphatic rings. The molecule has 4 fully saturated rings. The highest BCUT2D eigenvalue weighted by Gasteiger charge is 2.76. The predicted molar refractivity (Wildman–Crippen MR) is 260 cm³/mol. The Morgan fingerprint density at radius 1 is 0.913 bits per heavy atom. The Hall–Kier alpha value is -5.12. The van der Waals surface area contributed by atoms with Crippen molar-refractivity contribution in [3.05, 3.63) is 107 Å². The van der Waals surface area contributed by atoms with Crippen LogP contribution in [0.5, 0.6) is 5.75 Å². The van der Waals surface area contributed by atoms with E-state index in [0.29, 0.717) is 19.3 Å². The van der Waals surface area contributed by atoms with Crippen molar-refractivity contribution >= 4 is 29.8 Å². The smallest absolute Gasteiger partial charge is 0.327 e. The van der Waals surface area contributed by atoms with Crippen LogP contribution in [0, 0.1) is 5.41 Å². The molecule has 3 aliphatic heterocycles. The van der Waals surface area contributed by atoms with Crippen molar-refractivity contribution in [1.29, 1.82) is 0 Å². The first-order valence-corrected chi connectivity index (χ1v) is 25.1. The molecule has 3 heterocycles. The number of aromatic hydroxyl groups is 1. The lowest BCUT2D eigenvalue weighted by molar-refractivity contribution is -0.225. The number of ether oxygens (including phenoxy) is 4. The van der Waals surface area contributed by atoms with Crippen molar-refractivity contribution < 1.29 is 53.2 Å². The van der Waals surface area contributed by atoms with Gasteiger partial charge in [0, 0.05) is 39.2 Å². The number of benzene rings is 3. The van der Waals surface area contributed by atoms with E-state index in [1.54, 1.807) is 45.0 Å². The highest BCUT2D eigenvalue weighted by atomic mass is 16.8. The number of hydrogen-bond donors (Lipinski definition) is 3. The Balaban J connectivity index is 1.21. The zero-order chi connectivity index (χ0) is 49.3. The fraction of sp³-hybridized carbons (Fsp3) is 0.564. The molecule has 3 N–H and O–H groups in total. The largest absolute Gasteiger partial charge is 0.508 e. The molecule has 2 amide bonds. The molecule has 2 unspecified atom stereocenters. The minimum atomic E-state index is -1.55. The molecule has 3 saturated heterocycles. The second-order valence-electron chi connectivity index (χ2n) is 20.3. The Bertz CT molecular complexity index is 2240. The number of fused-ring (bicyclic) bond motifs is 4. The average Bonchev–Trinajstić information content (AvgIpc) is 3.88. The lowest BCUT2D eigenvalue weighted by atomic mass is 9.62. The molecule has 3 aromatic rings. The molecule has 0 radical (unpaired) electrons. The number of carbonyl (C=O) groups is 4. The number of nitrogens with one attached hydrogen (secondary N) is 1. The van der Waals surface area contributed by atoms with E-state index in [1.807, 2.05) is 78.9 Å². The van der Waals surface area contributed by atoms with E-state index in [1.165, 1.54) is 4.90 Å². The molecule has 14 heteroatoms. The number of carbonyl (C=O) groups excluding carboxylic acids is 4. The van der Waals surface area contributed by atoms with Gasteiger partial charge in [-0.25, -0.2) is 0 Å². The average molecular weight is 952 g/mol. The summed E-state index contributed by atoms with van der Waals surface area (Å²) in [6.07, 6.45) is 8.65. The van der Waals surface area contributed by atoms with E-state index in [-0.39, 0.29) is 38.0 Å². The summed E-state index contributed by atoms with van der Waals surface area (Å²) < 4.78 is 25.9. The van der Waals surface area contributed by atoms with Gasteiger partial charge in [-0.1, -0.05) is 124 Å². The normalized spacial score (nSPS) is 24.6. The van der Waals surface area contributed by atoms with Gasteiger partial charge in [0.15, 0.2) is 11.8 Å². The quantitative estimate of drug-likeness (QED) is 0.0624. The highest BCUT2D eigenvalue weighted by molar-refractivity contribution is 5.96. The van der Waals surface area contributed by atoms with E-state index in [9.17, 15) is 24.6 Å². The number of phenolic OH excluding ortho intramolecular Hbond substituents is 1. The summed E-state index contributed by atoms with van der Waals surface area (Å²) in [5, 5.41) is 25.1. The van der Waals surface area contributed by atoms with Crippen molar-refractivity contribution in [2.75, 3.05) is 13.7 Å². The zero-order valence-electron chi connectivity index (χ0n) is 41.3. The highest BCUT2D eigenvalue weighted by Crippen LogP contribution is 2.58. The molecule has 69 heavy (non-hydrogen) atoms. The van der Waals surface area contributed by atoms with Gasteiger partial charge in [-0.3, -0.25) is 24.0 Å². The molecule has 1 saturated carbocycles. The first-order chi connectivity index (χ1) is 33.1. The standard InChI is InChI=1S/C55H73N3O11/c1-7-9-16-31-54(32-17-10-8-2)67-46-44-34-55(52(64)57(6)42(33-38-19-12-11-13-20-38)50(62)56-41(36-59)29-30-45(61)66-53(3,4)5)48(51(63)65-44)58(69-49(55)47(46)68-54)35-39-27-25-37(26-28-39)21-18-23-40-22-14-15-24-43(40)60/h11-15,18-22,24-28,41-42,44,46-49,59-60H,7-10,16-17,23,29-36H2,1-6H3,(H,56,62)/t41-,42+,44?,46-,47-,48-,49+,55?/m0/s1. The van der Waals surface area contributed by atoms with E-state index in [0.717, 1.165) is 60.8 Å². The van der Waals surface area contributed by atoms with Gasteiger partial charge in [0.1, 0.15) is 47.2 Å². The van der Waals surface area contributed by atoms with Crippen LogP contribution >= 0.6 is 0 Å². The van der Waals surface area contributed by atoms with Crippen molar-refractivity contribution in [1.82, 2.24) is 15.3 Å². The lowest BCUT2D eigenvalue weighted by Gasteiger charge is -2.50. The minimum absolute atomic E-state index is 0.0356. The van der Waals surface area contributed by atoms with Crippen LogP contribution in [-0.4, -0.2) is 112 Å². The summed E-state index contributed by atoms with van der Waals surface area (Å²) in [6.45, 7) is 9.32. The second-order valence-corrected chi connectivity index (χ2v) is 20.3. The minimum Gasteiger partial charge on any atom is -0.508 e. The number of likely N-dealkylation sites (N-methyl/N-ethyl adjacent to an activating group) is 1. The van der Waals surface area contributed by atoms with E-state index < -0.39 is 89.7 Å². The third kappa shape index (κ3) is 12.1. The van der Waals surface area contributed by atoms with Gasteiger partial charge in [-0.05, 0) is 74.8 Å². The molecule has 2 bridgehead atoms. The molecule has 3 aromatic carbocycles. The van der Waals surface area contributed by atoms with E-state index in [2.05, 4.69) is 19.2 Å². The summed E-state index contributed by atoms with van der Waals surface area (Å²) in [5.74, 6) is -2.76. The molecule has 14 nitrogen and oxygen atoms in total. The van der Waals surface area contributed by atoms with E-state index >= 15 is 4.79 Å². The van der Waals surface area contributed by atoms with Crippen LogP contribution in [0.1, 0.15) is 128 Å². The number of esters is 2. The molecule has 374 valence electrons. The Labute approximate surface area is 407 Å². The topological polar surface area (TPSA) is 173 Å². The number of aliphatic hydroxyl groups is 1. The Morgan fingerprint density at radius 3 is 2.23 bits per heavy atom. The summed E-state index contributed by atoms with van der Waals surface area (Å²) in [5.41, 5.74) is 1.15. The van der Waals surface area contributed by atoms with Crippen LogP contribution in [0.15, 0.2) is 84.9 Å². The summed E-state index contributed by atoms with van der Waals surface area (Å²) >= 11 is 0. The van der Waals surface area contributed by atoms with Gasteiger partial charge < -0.3 is 39.4 Å². The lowest BCUT2D eigenvalue weighted by Crippen LogP contribution is -2.70. The number of aliphatic hydroxyl groups excluding tert-OH is 1. The third-order valence-electron chi connectivity index (χ3n) is 14.0. The number of amides is 2. The summed E-state index contributed by atoms with van der Waals surface area (Å²) in [4.78, 5) is 66.3. The predicted octanol–water partition coefficient (Wildman–Crippen LogP) is 7.76. The first kappa shape index (κ1) is 51.7. The molecule has 0 spiro atoms.